The zero-order valence-corrected chi connectivity index (χ0v) is 9.56. The van der Waals surface area contributed by atoms with Gasteiger partial charge in [-0.3, -0.25) is 0 Å². The van der Waals surface area contributed by atoms with E-state index in [0.29, 0.717) is 6.42 Å². The van der Waals surface area contributed by atoms with Gasteiger partial charge in [-0.25, -0.2) is 0 Å². The highest BCUT2D eigenvalue weighted by atomic mass is 16.6. The normalized spacial score (nSPS) is 10.6. The summed E-state index contributed by atoms with van der Waals surface area (Å²) in [6.45, 7) is 1.62. The van der Waals surface area contributed by atoms with Crippen LogP contribution in [-0.2, 0) is 11.2 Å². The molecule has 0 saturated carbocycles. The van der Waals surface area contributed by atoms with Crippen molar-refractivity contribution < 1.29 is 9.63 Å². The number of carbonyl (C=O) groups excluding carboxylic acids is 1. The van der Waals surface area contributed by atoms with Crippen LogP contribution >= 0.6 is 0 Å². The zero-order valence-electron chi connectivity index (χ0n) is 9.56. The molecule has 2 aromatic rings. The Morgan fingerprint density at radius 3 is 2.81 bits per heavy atom. The largest absolute Gasteiger partial charge is 0.417 e. The number of carbonyl (C=O) groups is 1. The van der Waals surface area contributed by atoms with E-state index in [1.54, 1.807) is 18.8 Å². The number of nitrogens with zero attached hydrogens (tertiary/aromatic N) is 1. The van der Waals surface area contributed by atoms with Gasteiger partial charge in [0.2, 0.25) is 0 Å². The van der Waals surface area contributed by atoms with Crippen molar-refractivity contribution in [1.82, 2.24) is 4.73 Å². The van der Waals surface area contributed by atoms with Crippen LogP contribution in [0.2, 0.25) is 0 Å². The minimum absolute atomic E-state index is 0.217. The molecule has 0 atom stereocenters. The third kappa shape index (κ3) is 1.94. The fourth-order valence-electron chi connectivity index (χ4n) is 1.88. The van der Waals surface area contributed by atoms with Gasteiger partial charge in [-0.1, -0.05) is 18.2 Å². The second-order valence-corrected chi connectivity index (χ2v) is 3.88. The Labute approximate surface area is 94.6 Å². The summed E-state index contributed by atoms with van der Waals surface area (Å²) in [5, 5.41) is 1.16. The van der Waals surface area contributed by atoms with E-state index >= 15 is 0 Å². The lowest BCUT2D eigenvalue weighted by Gasteiger charge is -2.00. The van der Waals surface area contributed by atoms with E-state index in [-0.39, 0.29) is 5.78 Å². The number of ketones is 1. The Kier molecular flexibility index (Phi) is 2.95. The maximum Gasteiger partial charge on any atom is 0.130 e. The van der Waals surface area contributed by atoms with E-state index in [2.05, 4.69) is 6.07 Å². The fraction of sp³-hybridized carbons (Fsp3) is 0.308. The Hall–Kier alpha value is -1.77. The van der Waals surface area contributed by atoms with Crippen molar-refractivity contribution >= 4 is 16.7 Å². The zero-order chi connectivity index (χ0) is 11.5. The van der Waals surface area contributed by atoms with Gasteiger partial charge in [0.15, 0.2) is 0 Å². The lowest BCUT2D eigenvalue weighted by Crippen LogP contribution is -2.02. The van der Waals surface area contributed by atoms with Gasteiger partial charge in [0.05, 0.1) is 5.52 Å². The predicted molar refractivity (Wildman–Crippen MR) is 63.4 cm³/mol. The molecule has 0 saturated heterocycles. The van der Waals surface area contributed by atoms with E-state index in [1.165, 1.54) is 0 Å². The molecule has 0 amide bonds. The Bertz CT molecular complexity index is 514. The molecule has 16 heavy (non-hydrogen) atoms. The number of benzene rings is 1. The van der Waals surface area contributed by atoms with E-state index in [9.17, 15) is 4.79 Å². The summed E-state index contributed by atoms with van der Waals surface area (Å²) in [7, 11) is 1.64. The first-order valence-electron chi connectivity index (χ1n) is 5.35. The number of hydrogen-bond acceptors (Lipinski definition) is 2. The second-order valence-electron chi connectivity index (χ2n) is 3.88. The average Bonchev–Trinajstić information content (AvgIpc) is 2.65. The van der Waals surface area contributed by atoms with Gasteiger partial charge >= 0.3 is 0 Å². The smallest absolute Gasteiger partial charge is 0.130 e. The lowest BCUT2D eigenvalue weighted by atomic mass is 10.1. The molecule has 2 rings (SSSR count). The number of fused-ring (bicyclic) bond motifs is 1. The van der Waals surface area contributed by atoms with E-state index in [0.717, 1.165) is 22.9 Å². The van der Waals surface area contributed by atoms with Gasteiger partial charge in [0.25, 0.3) is 0 Å². The molecule has 0 aliphatic rings. The van der Waals surface area contributed by atoms with Crippen molar-refractivity contribution in [3.63, 3.8) is 0 Å². The molecule has 3 nitrogen and oxygen atoms in total. The van der Waals surface area contributed by atoms with Crippen LogP contribution in [0.5, 0.6) is 0 Å². The maximum absolute atomic E-state index is 11.0. The third-order valence-electron chi connectivity index (χ3n) is 2.70. The lowest BCUT2D eigenvalue weighted by molar-refractivity contribution is -0.116. The number of para-hydroxylation sites is 1. The Morgan fingerprint density at radius 2 is 2.12 bits per heavy atom. The molecule has 0 spiro atoms. The molecule has 1 aromatic carbocycles. The average molecular weight is 217 g/mol. The number of rotatable bonds is 4. The van der Waals surface area contributed by atoms with Crippen LogP contribution in [0.25, 0.3) is 10.9 Å². The van der Waals surface area contributed by atoms with Crippen LogP contribution in [0, 0.1) is 0 Å². The Morgan fingerprint density at radius 1 is 1.38 bits per heavy atom. The summed E-state index contributed by atoms with van der Waals surface area (Å²) in [6, 6.07) is 8.04. The van der Waals surface area contributed by atoms with Gasteiger partial charge in [0, 0.05) is 18.0 Å². The summed E-state index contributed by atoms with van der Waals surface area (Å²) in [6.07, 6.45) is 3.30. The molecule has 0 unspecified atom stereocenters. The molecule has 84 valence electrons. The molecule has 0 radical (unpaired) electrons. The summed E-state index contributed by atoms with van der Waals surface area (Å²) in [5.74, 6) is 0.217. The van der Waals surface area contributed by atoms with Crippen molar-refractivity contribution in [3.8, 4) is 0 Å². The monoisotopic (exact) mass is 217 g/mol. The molecule has 3 heteroatoms. The molecule has 0 aliphatic heterocycles. The SMILES string of the molecule is COn1cc(CCC(C)=O)c2ccccc21. The molecular formula is C13H15NO2. The van der Waals surface area contributed by atoms with Crippen molar-refractivity contribution in [2.45, 2.75) is 19.8 Å². The van der Waals surface area contributed by atoms with Crippen LogP contribution in [0.1, 0.15) is 18.9 Å². The number of aromatic nitrogens is 1. The summed E-state index contributed by atoms with van der Waals surface area (Å²) in [5.41, 5.74) is 2.20. The van der Waals surface area contributed by atoms with E-state index < -0.39 is 0 Å². The first kappa shape index (κ1) is 10.7. The minimum Gasteiger partial charge on any atom is -0.417 e. The topological polar surface area (TPSA) is 31.2 Å². The highest BCUT2D eigenvalue weighted by Gasteiger charge is 2.08. The second kappa shape index (κ2) is 4.39. The van der Waals surface area contributed by atoms with Crippen LogP contribution in [-0.4, -0.2) is 17.6 Å². The predicted octanol–water partition coefficient (Wildman–Crippen LogP) is 2.22. The highest BCUT2D eigenvalue weighted by Crippen LogP contribution is 2.21. The number of Topliss-reactive ketones (excluding diaryl/α,β-unsaturated/α-hetero) is 1. The van der Waals surface area contributed by atoms with Crippen LogP contribution in [0.15, 0.2) is 30.5 Å². The van der Waals surface area contributed by atoms with Crippen molar-refractivity contribution in [2.75, 3.05) is 7.11 Å². The van der Waals surface area contributed by atoms with Crippen LogP contribution < -0.4 is 4.84 Å². The van der Waals surface area contributed by atoms with Crippen molar-refractivity contribution in [3.05, 3.63) is 36.0 Å². The number of hydrogen-bond donors (Lipinski definition) is 0. The minimum atomic E-state index is 0.217. The number of aryl methyl sites for hydroxylation is 1. The molecule has 0 bridgehead atoms. The fourth-order valence-corrected chi connectivity index (χ4v) is 1.88. The van der Waals surface area contributed by atoms with Crippen molar-refractivity contribution in [2.24, 2.45) is 0 Å². The molecule has 0 N–H and O–H groups in total. The first-order valence-corrected chi connectivity index (χ1v) is 5.35. The van der Waals surface area contributed by atoms with Crippen molar-refractivity contribution in [1.29, 1.82) is 0 Å². The molecule has 0 aliphatic carbocycles. The maximum atomic E-state index is 11.0. The van der Waals surface area contributed by atoms with Gasteiger partial charge in [-0.15, -0.1) is 0 Å². The molecule has 0 fully saturated rings. The van der Waals surface area contributed by atoms with E-state index in [4.69, 9.17) is 4.84 Å². The molecule has 1 aromatic heterocycles. The van der Waals surface area contributed by atoms with Gasteiger partial charge in [-0.2, -0.15) is 4.73 Å². The molecular weight excluding hydrogens is 202 g/mol. The summed E-state index contributed by atoms with van der Waals surface area (Å²) in [4.78, 5) is 16.2. The van der Waals surface area contributed by atoms with E-state index in [1.807, 2.05) is 24.4 Å². The highest BCUT2D eigenvalue weighted by molar-refractivity contribution is 5.84. The third-order valence-corrected chi connectivity index (χ3v) is 2.70. The van der Waals surface area contributed by atoms with Crippen LogP contribution in [0.3, 0.4) is 0 Å². The molecule has 1 heterocycles. The van der Waals surface area contributed by atoms with Crippen LogP contribution in [0.4, 0.5) is 0 Å². The summed E-state index contributed by atoms with van der Waals surface area (Å²) < 4.78 is 1.74. The summed E-state index contributed by atoms with van der Waals surface area (Å²) >= 11 is 0. The van der Waals surface area contributed by atoms with Gasteiger partial charge in [0.1, 0.15) is 12.9 Å². The first-order chi connectivity index (χ1) is 7.72. The van der Waals surface area contributed by atoms with Gasteiger partial charge in [-0.05, 0) is 25.0 Å². The quantitative estimate of drug-likeness (QED) is 0.786. The van der Waals surface area contributed by atoms with Gasteiger partial charge < -0.3 is 9.63 Å². The standard InChI is InChI=1S/C13H15NO2/c1-10(15)7-8-11-9-14(16-2)13-6-4-3-5-12(11)13/h3-6,9H,7-8H2,1-2H3. The Balaban J connectivity index is 2.41.